The minimum absolute atomic E-state index is 0. The summed E-state index contributed by atoms with van der Waals surface area (Å²) in [4.78, 5) is 0. The molecule has 71 valence electrons. The zero-order valence-electron chi connectivity index (χ0n) is 6.19. The first-order chi connectivity index (χ1) is 2.91. The van der Waals surface area contributed by atoms with E-state index >= 15 is 0 Å². The summed E-state index contributed by atoms with van der Waals surface area (Å²) in [6, 6.07) is 0. The molecule has 11 heavy (non-hydrogen) atoms. The van der Waals surface area contributed by atoms with Gasteiger partial charge in [-0.2, -0.15) is 0 Å². The van der Waals surface area contributed by atoms with Gasteiger partial charge in [0, 0.05) is 14.2 Å². The van der Waals surface area contributed by atoms with Crippen molar-refractivity contribution in [1.82, 2.24) is 0 Å². The number of hydrogen-bond acceptors (Lipinski definition) is 2. The van der Waals surface area contributed by atoms with Crippen LogP contribution in [0.1, 0.15) is 0 Å². The number of rotatable bonds is 3. The molecule has 0 unspecified atom stereocenters. The Balaban J connectivity index is -0.0000000125. The molecule has 0 spiro atoms. The normalized spacial score (nSPS) is 4.91. The molecule has 0 bridgehead atoms. The fraction of sp³-hybridized carbons (Fsp3) is 1.00. The van der Waals surface area contributed by atoms with E-state index < -0.39 is 0 Å². The van der Waals surface area contributed by atoms with Crippen LogP contribution in [0, 0.1) is 0 Å². The van der Waals surface area contributed by atoms with E-state index in [1.54, 1.807) is 14.2 Å². The van der Waals surface area contributed by atoms with Crippen molar-refractivity contribution in [3.05, 3.63) is 0 Å². The van der Waals surface area contributed by atoms with Crippen LogP contribution in [0.3, 0.4) is 0 Å². The predicted octanol–water partition coefficient (Wildman–Crippen LogP) is -11.7. The molecular formula is C4H10Cl4O2V. The summed E-state index contributed by atoms with van der Waals surface area (Å²) < 4.78 is 9.31. The Labute approximate surface area is 105 Å². The summed E-state index contributed by atoms with van der Waals surface area (Å²) >= 11 is 0. The number of hydrogen-bond donors (Lipinski definition) is 0. The standard InChI is InChI=1S/C4H10O2.4ClH.V/c1-5-3-4-6-2;;;;;/h3-4H2,1-2H3;4*1H;/q;;;;;+4/p-4. The largest absolute Gasteiger partial charge is 4.00 e. The molecule has 0 amide bonds. The minimum atomic E-state index is 0. The van der Waals surface area contributed by atoms with Crippen LogP contribution in [0.25, 0.3) is 0 Å². The second-order valence-electron chi connectivity index (χ2n) is 0.986. The van der Waals surface area contributed by atoms with Crippen molar-refractivity contribution in [2.24, 2.45) is 0 Å². The van der Waals surface area contributed by atoms with Gasteiger partial charge in [0.15, 0.2) is 0 Å². The third-order valence-corrected chi connectivity index (χ3v) is 0.492. The third-order valence-electron chi connectivity index (χ3n) is 0.492. The zero-order valence-corrected chi connectivity index (χ0v) is 10.6. The van der Waals surface area contributed by atoms with Crippen molar-refractivity contribution in [3.8, 4) is 0 Å². The molecule has 2 nitrogen and oxygen atoms in total. The Bertz CT molecular complexity index is 32.1. The first kappa shape index (κ1) is 38.8. The molecule has 0 atom stereocenters. The first-order valence-electron chi connectivity index (χ1n) is 1.89. The molecule has 0 aromatic rings. The van der Waals surface area contributed by atoms with E-state index in [1.165, 1.54) is 0 Å². The van der Waals surface area contributed by atoms with Crippen LogP contribution in [-0.4, -0.2) is 27.4 Å². The second kappa shape index (κ2) is 41.3. The van der Waals surface area contributed by atoms with Gasteiger partial charge in [0.25, 0.3) is 0 Å². The summed E-state index contributed by atoms with van der Waals surface area (Å²) in [5.41, 5.74) is 0. The smallest absolute Gasteiger partial charge is 1.00 e. The van der Waals surface area contributed by atoms with Crippen molar-refractivity contribution in [3.63, 3.8) is 0 Å². The van der Waals surface area contributed by atoms with Gasteiger partial charge in [0.1, 0.15) is 0 Å². The zero-order chi connectivity index (χ0) is 4.83. The van der Waals surface area contributed by atoms with E-state index in [9.17, 15) is 0 Å². The van der Waals surface area contributed by atoms with Gasteiger partial charge < -0.3 is 59.1 Å². The molecule has 0 aliphatic carbocycles. The summed E-state index contributed by atoms with van der Waals surface area (Å²) in [6.07, 6.45) is 0. The Morgan fingerprint density at radius 1 is 0.727 bits per heavy atom. The molecule has 0 fully saturated rings. The van der Waals surface area contributed by atoms with E-state index in [0.29, 0.717) is 13.2 Å². The quantitative estimate of drug-likeness (QED) is 0.479. The van der Waals surface area contributed by atoms with Gasteiger partial charge in [-0.1, -0.05) is 0 Å². The molecule has 0 heterocycles. The van der Waals surface area contributed by atoms with Crippen LogP contribution in [0.15, 0.2) is 0 Å². The first-order valence-corrected chi connectivity index (χ1v) is 1.89. The SMILES string of the molecule is COCCOC.[Cl-].[Cl-].[Cl-].[Cl-].[V+4]. The Morgan fingerprint density at radius 2 is 0.909 bits per heavy atom. The van der Waals surface area contributed by atoms with Crippen molar-refractivity contribution < 1.29 is 77.7 Å². The van der Waals surface area contributed by atoms with Crippen molar-refractivity contribution in [2.75, 3.05) is 27.4 Å². The van der Waals surface area contributed by atoms with Crippen LogP contribution in [0.4, 0.5) is 0 Å². The van der Waals surface area contributed by atoms with Gasteiger partial charge in [0.05, 0.1) is 13.2 Å². The fourth-order valence-corrected chi connectivity index (χ4v) is 0.167. The van der Waals surface area contributed by atoms with Gasteiger partial charge in [-0.15, -0.1) is 0 Å². The molecular weight excluding hydrogens is 273 g/mol. The van der Waals surface area contributed by atoms with Crippen LogP contribution < -0.4 is 49.6 Å². The predicted molar refractivity (Wildman–Crippen MR) is 23.8 cm³/mol. The summed E-state index contributed by atoms with van der Waals surface area (Å²) in [7, 11) is 3.30. The second-order valence-corrected chi connectivity index (χ2v) is 0.986. The molecule has 0 rings (SSSR count). The molecule has 0 aliphatic heterocycles. The molecule has 0 aromatic carbocycles. The number of methoxy groups -OCH3 is 2. The maximum atomic E-state index is 4.66. The topological polar surface area (TPSA) is 18.5 Å². The van der Waals surface area contributed by atoms with E-state index in [1.807, 2.05) is 0 Å². The summed E-state index contributed by atoms with van der Waals surface area (Å²) in [5.74, 6) is 0. The van der Waals surface area contributed by atoms with E-state index in [-0.39, 0.29) is 68.2 Å². The Kier molecular flexibility index (Phi) is 146. The van der Waals surface area contributed by atoms with Crippen molar-refractivity contribution >= 4 is 0 Å². The third kappa shape index (κ3) is 50.1. The number of ether oxygens (including phenoxy) is 2. The Hall–Kier alpha value is 1.66. The average Bonchev–Trinajstić information content (AvgIpc) is 1.61. The van der Waals surface area contributed by atoms with E-state index in [4.69, 9.17) is 0 Å². The van der Waals surface area contributed by atoms with Crippen LogP contribution in [0.5, 0.6) is 0 Å². The van der Waals surface area contributed by atoms with Gasteiger partial charge in [-0.25, -0.2) is 0 Å². The maximum Gasteiger partial charge on any atom is 4.00 e. The van der Waals surface area contributed by atoms with Crippen LogP contribution >= 0.6 is 0 Å². The molecule has 1 radical (unpaired) electrons. The van der Waals surface area contributed by atoms with Crippen LogP contribution in [-0.2, 0) is 28.0 Å². The number of halogens is 4. The monoisotopic (exact) mass is 281 g/mol. The molecule has 0 aromatic heterocycles. The van der Waals surface area contributed by atoms with Crippen molar-refractivity contribution in [2.45, 2.75) is 0 Å². The van der Waals surface area contributed by atoms with Gasteiger partial charge in [-0.05, 0) is 0 Å². The maximum absolute atomic E-state index is 4.66. The molecule has 0 saturated carbocycles. The van der Waals surface area contributed by atoms with Gasteiger partial charge in [0.2, 0.25) is 0 Å². The molecule has 0 saturated heterocycles. The summed E-state index contributed by atoms with van der Waals surface area (Å²) in [6.45, 7) is 1.38. The van der Waals surface area contributed by atoms with Gasteiger partial charge >= 0.3 is 18.6 Å². The van der Waals surface area contributed by atoms with E-state index in [0.717, 1.165) is 0 Å². The van der Waals surface area contributed by atoms with E-state index in [2.05, 4.69) is 9.47 Å². The van der Waals surface area contributed by atoms with Gasteiger partial charge in [-0.3, -0.25) is 0 Å². The van der Waals surface area contributed by atoms with Crippen molar-refractivity contribution in [1.29, 1.82) is 0 Å². The molecule has 7 heteroatoms. The molecule has 0 aliphatic rings. The molecule has 0 N–H and O–H groups in total. The Morgan fingerprint density at radius 3 is 1.00 bits per heavy atom. The fourth-order valence-electron chi connectivity index (χ4n) is 0.167. The average molecular weight is 283 g/mol. The summed E-state index contributed by atoms with van der Waals surface area (Å²) in [5, 5.41) is 0. The van der Waals surface area contributed by atoms with Crippen LogP contribution in [0.2, 0.25) is 0 Å². The minimum Gasteiger partial charge on any atom is -1.00 e.